The molecule has 0 aliphatic carbocycles. The van der Waals surface area contributed by atoms with E-state index in [0.717, 1.165) is 6.07 Å². The first-order valence-corrected chi connectivity index (χ1v) is 4.50. The highest BCUT2D eigenvalue weighted by Gasteiger charge is 2.36. The summed E-state index contributed by atoms with van der Waals surface area (Å²) in [4.78, 5) is 2.87. The maximum absolute atomic E-state index is 12.5. The third kappa shape index (κ3) is 2.89. The quantitative estimate of drug-likeness (QED) is 0.813. The fourth-order valence-electron chi connectivity index (χ4n) is 1.33. The standard InChI is InChI=1S/C9H9F5N2O/c10-8(11)6-5(3-17)1-4(2-15)7(16-6)9(12,13)14/h1,8,17H,2-3,15H2. The Balaban J connectivity index is 3.45. The van der Waals surface area contributed by atoms with Crippen LogP contribution in [0.4, 0.5) is 22.0 Å². The van der Waals surface area contributed by atoms with Gasteiger partial charge in [0.05, 0.1) is 6.61 Å². The molecular weight excluding hydrogens is 247 g/mol. The second-order valence-electron chi connectivity index (χ2n) is 3.20. The molecule has 1 aromatic heterocycles. The lowest BCUT2D eigenvalue weighted by Crippen LogP contribution is -2.17. The molecule has 3 N–H and O–H groups in total. The highest BCUT2D eigenvalue weighted by Crippen LogP contribution is 2.33. The van der Waals surface area contributed by atoms with Gasteiger partial charge >= 0.3 is 6.18 Å². The Kier molecular flexibility index (Phi) is 3.99. The number of aliphatic hydroxyl groups excluding tert-OH is 1. The van der Waals surface area contributed by atoms with Crippen molar-refractivity contribution in [2.24, 2.45) is 5.73 Å². The number of halogens is 5. The first-order valence-electron chi connectivity index (χ1n) is 4.50. The molecule has 1 heterocycles. The van der Waals surface area contributed by atoms with Crippen LogP contribution in [0.2, 0.25) is 0 Å². The Morgan fingerprint density at radius 1 is 1.29 bits per heavy atom. The molecule has 0 aliphatic heterocycles. The molecule has 0 radical (unpaired) electrons. The molecule has 0 spiro atoms. The van der Waals surface area contributed by atoms with Gasteiger partial charge in [0.2, 0.25) is 0 Å². The van der Waals surface area contributed by atoms with Crippen molar-refractivity contribution < 1.29 is 27.1 Å². The largest absolute Gasteiger partial charge is 0.433 e. The fourth-order valence-corrected chi connectivity index (χ4v) is 1.33. The van der Waals surface area contributed by atoms with Gasteiger partial charge in [0.1, 0.15) is 11.4 Å². The SMILES string of the molecule is NCc1cc(CO)c(C(F)F)nc1C(F)(F)F. The average molecular weight is 256 g/mol. The van der Waals surface area contributed by atoms with Crippen LogP contribution in [0.1, 0.15) is 28.9 Å². The molecule has 17 heavy (non-hydrogen) atoms. The highest BCUT2D eigenvalue weighted by atomic mass is 19.4. The average Bonchev–Trinajstić information content (AvgIpc) is 2.25. The monoisotopic (exact) mass is 256 g/mol. The van der Waals surface area contributed by atoms with Crippen LogP contribution in [0, 0.1) is 0 Å². The van der Waals surface area contributed by atoms with E-state index in [4.69, 9.17) is 10.8 Å². The Hall–Kier alpha value is -1.28. The molecular formula is C9H9F5N2O. The minimum absolute atomic E-state index is 0.353. The van der Waals surface area contributed by atoms with E-state index in [9.17, 15) is 22.0 Å². The van der Waals surface area contributed by atoms with Crippen LogP contribution in [0.3, 0.4) is 0 Å². The highest BCUT2D eigenvalue weighted by molar-refractivity contribution is 5.32. The number of rotatable bonds is 3. The maximum Gasteiger partial charge on any atom is 0.433 e. The predicted octanol–water partition coefficient (Wildman–Crippen LogP) is 1.99. The van der Waals surface area contributed by atoms with Gasteiger partial charge in [-0.1, -0.05) is 0 Å². The molecule has 0 amide bonds. The van der Waals surface area contributed by atoms with E-state index in [2.05, 4.69) is 4.98 Å². The minimum atomic E-state index is -4.85. The molecule has 3 nitrogen and oxygen atoms in total. The van der Waals surface area contributed by atoms with Crippen molar-refractivity contribution in [3.63, 3.8) is 0 Å². The topological polar surface area (TPSA) is 59.1 Å². The number of hydrogen-bond donors (Lipinski definition) is 2. The second-order valence-corrected chi connectivity index (χ2v) is 3.20. The van der Waals surface area contributed by atoms with Crippen LogP contribution in [0.15, 0.2) is 6.07 Å². The first-order chi connectivity index (χ1) is 7.81. The summed E-state index contributed by atoms with van der Waals surface area (Å²) in [6.07, 6.45) is -8.04. The number of nitrogens with two attached hydrogens (primary N) is 1. The number of alkyl halides is 5. The van der Waals surface area contributed by atoms with Gasteiger partial charge in [-0.25, -0.2) is 13.8 Å². The van der Waals surface area contributed by atoms with Crippen molar-refractivity contribution in [2.45, 2.75) is 25.8 Å². The van der Waals surface area contributed by atoms with Crippen LogP contribution >= 0.6 is 0 Å². The van der Waals surface area contributed by atoms with Crippen molar-refractivity contribution in [3.8, 4) is 0 Å². The molecule has 0 bridgehead atoms. The van der Waals surface area contributed by atoms with Crippen LogP contribution in [-0.4, -0.2) is 10.1 Å². The third-order valence-electron chi connectivity index (χ3n) is 2.08. The molecule has 0 aliphatic rings. The zero-order valence-electron chi connectivity index (χ0n) is 8.43. The van der Waals surface area contributed by atoms with E-state index in [1.165, 1.54) is 0 Å². The van der Waals surface area contributed by atoms with Gasteiger partial charge < -0.3 is 10.8 Å². The van der Waals surface area contributed by atoms with E-state index in [-0.39, 0.29) is 5.56 Å². The van der Waals surface area contributed by atoms with E-state index < -0.39 is 42.7 Å². The molecule has 0 unspecified atom stereocenters. The molecule has 0 saturated carbocycles. The third-order valence-corrected chi connectivity index (χ3v) is 2.08. The minimum Gasteiger partial charge on any atom is -0.392 e. The Labute approximate surface area is 93.1 Å². The molecule has 96 valence electrons. The van der Waals surface area contributed by atoms with E-state index >= 15 is 0 Å². The lowest BCUT2D eigenvalue weighted by atomic mass is 10.1. The number of pyridine rings is 1. The molecule has 1 aromatic rings. The van der Waals surface area contributed by atoms with Crippen molar-refractivity contribution >= 4 is 0 Å². The van der Waals surface area contributed by atoms with Crippen LogP contribution in [0.5, 0.6) is 0 Å². The van der Waals surface area contributed by atoms with Crippen LogP contribution < -0.4 is 5.73 Å². The van der Waals surface area contributed by atoms with Gasteiger partial charge in [-0.3, -0.25) is 0 Å². The van der Waals surface area contributed by atoms with Gasteiger partial charge in [-0.05, 0) is 11.6 Å². The van der Waals surface area contributed by atoms with E-state index in [1.807, 2.05) is 0 Å². The number of nitrogens with zero attached hydrogens (tertiary/aromatic N) is 1. The zero-order valence-corrected chi connectivity index (χ0v) is 8.43. The van der Waals surface area contributed by atoms with Gasteiger partial charge in [0.25, 0.3) is 6.43 Å². The second kappa shape index (κ2) is 4.92. The number of aliphatic hydroxyl groups is 1. The summed E-state index contributed by atoms with van der Waals surface area (Å²) in [6.45, 7) is -1.32. The Morgan fingerprint density at radius 2 is 1.88 bits per heavy atom. The number of aromatic nitrogens is 1. The van der Waals surface area contributed by atoms with Gasteiger partial charge in [-0.15, -0.1) is 0 Å². The van der Waals surface area contributed by atoms with Gasteiger partial charge in [-0.2, -0.15) is 13.2 Å². The maximum atomic E-state index is 12.5. The molecule has 0 fully saturated rings. The summed E-state index contributed by atoms with van der Waals surface area (Å²) >= 11 is 0. The van der Waals surface area contributed by atoms with Crippen molar-refractivity contribution in [1.82, 2.24) is 4.98 Å². The molecule has 1 rings (SSSR count). The summed E-state index contributed by atoms with van der Waals surface area (Å²) in [6, 6.07) is 0.803. The summed E-state index contributed by atoms with van der Waals surface area (Å²) in [7, 11) is 0. The number of hydrogen-bond acceptors (Lipinski definition) is 3. The van der Waals surface area contributed by atoms with Crippen LogP contribution in [-0.2, 0) is 19.3 Å². The van der Waals surface area contributed by atoms with E-state index in [1.54, 1.807) is 0 Å². The Bertz CT molecular complexity index is 405. The van der Waals surface area contributed by atoms with Crippen molar-refractivity contribution in [3.05, 3.63) is 28.6 Å². The van der Waals surface area contributed by atoms with E-state index in [0.29, 0.717) is 0 Å². The zero-order chi connectivity index (χ0) is 13.2. The predicted molar refractivity (Wildman–Crippen MR) is 48.0 cm³/mol. The van der Waals surface area contributed by atoms with Crippen molar-refractivity contribution in [2.75, 3.05) is 0 Å². The molecule has 0 atom stereocenters. The lowest BCUT2D eigenvalue weighted by Gasteiger charge is -2.15. The van der Waals surface area contributed by atoms with Crippen LogP contribution in [0.25, 0.3) is 0 Å². The van der Waals surface area contributed by atoms with Gasteiger partial charge in [0, 0.05) is 12.1 Å². The lowest BCUT2D eigenvalue weighted by molar-refractivity contribution is -0.142. The van der Waals surface area contributed by atoms with Crippen molar-refractivity contribution in [1.29, 1.82) is 0 Å². The Morgan fingerprint density at radius 3 is 2.24 bits per heavy atom. The fraction of sp³-hybridized carbons (Fsp3) is 0.444. The summed E-state index contributed by atoms with van der Waals surface area (Å²) < 4.78 is 62.4. The molecule has 0 saturated heterocycles. The van der Waals surface area contributed by atoms with Gasteiger partial charge in [0.15, 0.2) is 0 Å². The summed E-state index contributed by atoms with van der Waals surface area (Å²) in [5, 5.41) is 8.79. The summed E-state index contributed by atoms with van der Waals surface area (Å²) in [5.74, 6) is 0. The molecule has 8 heteroatoms. The normalized spacial score (nSPS) is 12.2. The smallest absolute Gasteiger partial charge is 0.392 e. The first kappa shape index (κ1) is 13.8. The molecule has 0 aromatic carbocycles. The summed E-state index contributed by atoms with van der Waals surface area (Å²) in [5.41, 5.74) is 1.80.